The molecular formula is C28H19F3O4. The van der Waals surface area contributed by atoms with Gasteiger partial charge in [0.15, 0.2) is 0 Å². The van der Waals surface area contributed by atoms with Crippen LogP contribution in [0.25, 0.3) is 21.7 Å². The highest BCUT2D eigenvalue weighted by molar-refractivity contribution is 5.85. The number of hydrogen-bond acceptors (Lipinski definition) is 4. The first-order valence-corrected chi connectivity index (χ1v) is 10.8. The van der Waals surface area contributed by atoms with E-state index in [0.29, 0.717) is 0 Å². The van der Waals surface area contributed by atoms with Crippen LogP contribution in [0.15, 0.2) is 94.1 Å². The number of hydrogen-bond donors (Lipinski definition) is 0. The Morgan fingerprint density at radius 1 is 0.829 bits per heavy atom. The van der Waals surface area contributed by atoms with Crippen LogP contribution in [-0.4, -0.2) is 0 Å². The summed E-state index contributed by atoms with van der Waals surface area (Å²) in [5.41, 5.74) is 0.534. The van der Waals surface area contributed by atoms with Gasteiger partial charge in [-0.05, 0) is 53.1 Å². The topological polar surface area (TPSA) is 48.7 Å². The molecule has 0 saturated carbocycles. The Morgan fingerprint density at radius 2 is 1.60 bits per heavy atom. The van der Waals surface area contributed by atoms with Crippen molar-refractivity contribution in [3.8, 4) is 17.2 Å². The second kappa shape index (κ2) is 8.83. The van der Waals surface area contributed by atoms with Crippen LogP contribution in [0, 0.1) is 6.92 Å². The lowest BCUT2D eigenvalue weighted by atomic mass is 10.1. The van der Waals surface area contributed by atoms with E-state index in [-0.39, 0.29) is 29.1 Å². The zero-order valence-electron chi connectivity index (χ0n) is 18.6. The van der Waals surface area contributed by atoms with Gasteiger partial charge in [0.05, 0.1) is 5.39 Å². The maximum Gasteiger partial charge on any atom is 0.453 e. The highest BCUT2D eigenvalue weighted by Gasteiger charge is 2.40. The van der Waals surface area contributed by atoms with Gasteiger partial charge in [0.2, 0.25) is 11.2 Å². The van der Waals surface area contributed by atoms with Gasteiger partial charge in [-0.25, -0.2) is 0 Å². The van der Waals surface area contributed by atoms with E-state index < -0.39 is 23.1 Å². The molecule has 0 aliphatic carbocycles. The third-order valence-corrected chi connectivity index (χ3v) is 5.56. The minimum atomic E-state index is -4.94. The average Bonchev–Trinajstić information content (AvgIpc) is 2.83. The summed E-state index contributed by atoms with van der Waals surface area (Å²) < 4.78 is 57.8. The fourth-order valence-corrected chi connectivity index (χ4v) is 3.90. The monoisotopic (exact) mass is 476 g/mol. The zero-order valence-corrected chi connectivity index (χ0v) is 18.6. The molecule has 5 rings (SSSR count). The molecule has 0 fully saturated rings. The molecule has 0 spiro atoms. The van der Waals surface area contributed by atoms with Crippen LogP contribution in [0.5, 0.6) is 17.2 Å². The molecule has 0 saturated heterocycles. The molecule has 5 aromatic rings. The second-order valence-corrected chi connectivity index (χ2v) is 8.09. The smallest absolute Gasteiger partial charge is 0.453 e. The highest BCUT2D eigenvalue weighted by Crippen LogP contribution is 2.38. The van der Waals surface area contributed by atoms with Crippen LogP contribution in [0.4, 0.5) is 13.2 Å². The Hall–Kier alpha value is -4.26. The number of alkyl halides is 3. The van der Waals surface area contributed by atoms with E-state index in [1.54, 1.807) is 19.1 Å². The number of benzene rings is 4. The largest absolute Gasteiger partial charge is 0.489 e. The predicted molar refractivity (Wildman–Crippen MR) is 127 cm³/mol. The van der Waals surface area contributed by atoms with Crippen LogP contribution >= 0.6 is 0 Å². The van der Waals surface area contributed by atoms with Gasteiger partial charge in [-0.15, -0.1) is 0 Å². The summed E-state index contributed by atoms with van der Waals surface area (Å²) in [7, 11) is 0. The summed E-state index contributed by atoms with van der Waals surface area (Å²) in [6.45, 7) is 1.96. The third kappa shape index (κ3) is 4.57. The zero-order chi connectivity index (χ0) is 24.6. The molecule has 1 heterocycles. The summed E-state index contributed by atoms with van der Waals surface area (Å²) in [6.07, 6.45) is -4.94. The molecule has 35 heavy (non-hydrogen) atoms. The molecule has 0 radical (unpaired) electrons. The second-order valence-electron chi connectivity index (χ2n) is 8.09. The number of aryl methyl sites for hydroxylation is 1. The lowest BCUT2D eigenvalue weighted by Gasteiger charge is -2.14. The molecule has 0 atom stereocenters. The van der Waals surface area contributed by atoms with Gasteiger partial charge >= 0.3 is 6.18 Å². The van der Waals surface area contributed by atoms with Crippen molar-refractivity contribution < 1.29 is 27.1 Å². The van der Waals surface area contributed by atoms with Gasteiger partial charge in [0, 0.05) is 6.07 Å². The molecule has 0 amide bonds. The van der Waals surface area contributed by atoms with Crippen LogP contribution in [0.3, 0.4) is 0 Å². The minimum absolute atomic E-state index is 0.0434. The van der Waals surface area contributed by atoms with E-state index >= 15 is 0 Å². The first-order valence-electron chi connectivity index (χ1n) is 10.8. The summed E-state index contributed by atoms with van der Waals surface area (Å²) in [4.78, 5) is 13.0. The first-order chi connectivity index (χ1) is 16.8. The van der Waals surface area contributed by atoms with Gasteiger partial charge in [-0.2, -0.15) is 13.2 Å². The van der Waals surface area contributed by atoms with Crippen molar-refractivity contribution in [1.29, 1.82) is 0 Å². The highest BCUT2D eigenvalue weighted by atomic mass is 19.4. The van der Waals surface area contributed by atoms with Gasteiger partial charge in [-0.1, -0.05) is 54.6 Å². The van der Waals surface area contributed by atoms with Gasteiger partial charge in [-0.3, -0.25) is 4.79 Å². The number of ether oxygens (including phenoxy) is 2. The molecule has 4 nitrogen and oxygen atoms in total. The van der Waals surface area contributed by atoms with Crippen molar-refractivity contribution in [2.75, 3.05) is 0 Å². The van der Waals surface area contributed by atoms with E-state index in [1.807, 2.05) is 42.5 Å². The predicted octanol–water partition coefficient (Wildman–Crippen LogP) is 7.64. The Morgan fingerprint density at radius 3 is 2.40 bits per heavy atom. The fraction of sp³-hybridized carbons (Fsp3) is 0.107. The van der Waals surface area contributed by atoms with Gasteiger partial charge in [0.1, 0.15) is 23.7 Å². The SMILES string of the molecule is Cc1cccc(Oc2c(C(F)(F)F)oc3cc(OCc4cccc5ccccc45)ccc3c2=O)c1. The Kier molecular flexibility index (Phi) is 5.68. The first kappa shape index (κ1) is 22.5. The van der Waals surface area contributed by atoms with Gasteiger partial charge in [0.25, 0.3) is 5.76 Å². The normalized spacial score (nSPS) is 11.7. The summed E-state index contributed by atoms with van der Waals surface area (Å²) >= 11 is 0. The lowest BCUT2D eigenvalue weighted by molar-refractivity contribution is -0.154. The van der Waals surface area contributed by atoms with Crippen molar-refractivity contribution >= 4 is 21.7 Å². The van der Waals surface area contributed by atoms with E-state index in [0.717, 1.165) is 21.9 Å². The Labute approximate surface area is 198 Å². The van der Waals surface area contributed by atoms with E-state index in [9.17, 15) is 18.0 Å². The Balaban J connectivity index is 1.51. The summed E-state index contributed by atoms with van der Waals surface area (Å²) in [5.74, 6) is -2.02. The Bertz CT molecular complexity index is 1600. The maximum atomic E-state index is 13.8. The third-order valence-electron chi connectivity index (χ3n) is 5.56. The van der Waals surface area contributed by atoms with Crippen molar-refractivity contribution in [2.45, 2.75) is 19.7 Å². The molecule has 4 aromatic carbocycles. The van der Waals surface area contributed by atoms with Gasteiger partial charge < -0.3 is 13.9 Å². The fourth-order valence-electron chi connectivity index (χ4n) is 3.90. The summed E-state index contributed by atoms with van der Waals surface area (Å²) in [6, 6.07) is 24.2. The lowest BCUT2D eigenvalue weighted by Crippen LogP contribution is -2.15. The van der Waals surface area contributed by atoms with E-state index in [1.165, 1.54) is 30.3 Å². The molecule has 0 N–H and O–H groups in total. The van der Waals surface area contributed by atoms with Crippen LogP contribution in [0.1, 0.15) is 16.9 Å². The van der Waals surface area contributed by atoms with Crippen molar-refractivity contribution in [3.05, 3.63) is 112 Å². The van der Waals surface area contributed by atoms with Crippen LogP contribution in [-0.2, 0) is 12.8 Å². The maximum absolute atomic E-state index is 13.8. The standard InChI is InChI=1S/C28H19F3O4/c1-17-6-4-10-21(14-17)34-26-25(32)23-13-12-20(15-24(23)35-27(26)28(29,30)31)33-16-19-9-5-8-18-7-2-3-11-22(18)19/h2-15H,16H2,1H3. The minimum Gasteiger partial charge on any atom is -0.489 e. The number of rotatable bonds is 5. The molecule has 1 aromatic heterocycles. The molecule has 0 aliphatic rings. The van der Waals surface area contributed by atoms with Crippen LogP contribution < -0.4 is 14.9 Å². The molecule has 176 valence electrons. The van der Waals surface area contributed by atoms with Crippen molar-refractivity contribution in [1.82, 2.24) is 0 Å². The van der Waals surface area contributed by atoms with Crippen molar-refractivity contribution in [2.24, 2.45) is 0 Å². The number of fused-ring (bicyclic) bond motifs is 2. The molecular weight excluding hydrogens is 457 g/mol. The molecule has 0 aliphatic heterocycles. The average molecular weight is 476 g/mol. The molecule has 0 bridgehead atoms. The van der Waals surface area contributed by atoms with E-state index in [2.05, 4.69) is 0 Å². The van der Waals surface area contributed by atoms with E-state index in [4.69, 9.17) is 13.9 Å². The molecule has 0 unspecified atom stereocenters. The van der Waals surface area contributed by atoms with Crippen molar-refractivity contribution in [3.63, 3.8) is 0 Å². The van der Waals surface area contributed by atoms with Crippen LogP contribution in [0.2, 0.25) is 0 Å². The molecule has 7 heteroatoms. The quantitative estimate of drug-likeness (QED) is 0.261. The number of halogens is 3. The summed E-state index contributed by atoms with van der Waals surface area (Å²) in [5, 5.41) is 2.02.